The Kier molecular flexibility index (Phi) is 3.34. The minimum absolute atomic E-state index is 0.00556. The number of ether oxygens (including phenoxy) is 1. The smallest absolute Gasteiger partial charge is 0.409 e. The molecule has 1 rings (SSSR count). The number of rotatable bonds is 3. The second-order valence-corrected chi connectivity index (χ2v) is 2.97. The van der Waals surface area contributed by atoms with E-state index in [1.54, 1.807) is 4.90 Å². The molecule has 1 aliphatic rings. The predicted molar refractivity (Wildman–Crippen MR) is 43.8 cm³/mol. The first kappa shape index (κ1) is 9.32. The second-order valence-electron chi connectivity index (χ2n) is 2.97. The average molecular weight is 173 g/mol. The number of carbonyl (C=O) groups excluding carboxylic acids is 1. The van der Waals surface area contributed by atoms with Gasteiger partial charge < -0.3 is 14.7 Å². The number of amides is 1. The number of nitrogens with zero attached hydrogens (tertiary/aromatic N) is 1. The summed E-state index contributed by atoms with van der Waals surface area (Å²) in [5.41, 5.74) is 0. The van der Waals surface area contributed by atoms with E-state index in [0.717, 1.165) is 12.8 Å². The van der Waals surface area contributed by atoms with Crippen molar-refractivity contribution in [2.75, 3.05) is 20.3 Å². The third-order valence-electron chi connectivity index (χ3n) is 2.27. The third kappa shape index (κ3) is 1.88. The van der Waals surface area contributed by atoms with Crippen molar-refractivity contribution in [2.45, 2.75) is 25.3 Å². The highest BCUT2D eigenvalue weighted by atomic mass is 16.5. The van der Waals surface area contributed by atoms with Crippen molar-refractivity contribution in [3.05, 3.63) is 0 Å². The molecule has 1 fully saturated rings. The molecule has 12 heavy (non-hydrogen) atoms. The first-order valence-electron chi connectivity index (χ1n) is 4.25. The molecule has 0 heterocycles. The van der Waals surface area contributed by atoms with Gasteiger partial charge in [0.2, 0.25) is 0 Å². The zero-order chi connectivity index (χ0) is 8.97. The van der Waals surface area contributed by atoms with Crippen LogP contribution in [0.4, 0.5) is 4.79 Å². The first-order chi connectivity index (χ1) is 5.79. The van der Waals surface area contributed by atoms with E-state index < -0.39 is 0 Å². The Balaban J connectivity index is 2.41. The molecule has 1 amide bonds. The van der Waals surface area contributed by atoms with Crippen LogP contribution in [0.25, 0.3) is 0 Å². The SMILES string of the molecule is COC(=O)N(CCO)C1CCC1. The molecule has 0 unspecified atom stereocenters. The Morgan fingerprint density at radius 3 is 2.67 bits per heavy atom. The van der Waals surface area contributed by atoms with Gasteiger partial charge in [0, 0.05) is 12.6 Å². The van der Waals surface area contributed by atoms with Crippen LogP contribution in [0.5, 0.6) is 0 Å². The summed E-state index contributed by atoms with van der Waals surface area (Å²) >= 11 is 0. The van der Waals surface area contributed by atoms with Gasteiger partial charge in [0.05, 0.1) is 13.7 Å². The molecule has 1 aliphatic carbocycles. The minimum atomic E-state index is -0.325. The van der Waals surface area contributed by atoms with E-state index in [0.29, 0.717) is 12.6 Å². The molecule has 0 radical (unpaired) electrons. The van der Waals surface area contributed by atoms with E-state index in [1.165, 1.54) is 13.5 Å². The van der Waals surface area contributed by atoms with Crippen molar-refractivity contribution < 1.29 is 14.6 Å². The van der Waals surface area contributed by atoms with Gasteiger partial charge in [-0.2, -0.15) is 0 Å². The van der Waals surface area contributed by atoms with Crippen molar-refractivity contribution in [3.63, 3.8) is 0 Å². The topological polar surface area (TPSA) is 49.8 Å². The molecule has 0 bridgehead atoms. The van der Waals surface area contributed by atoms with E-state index in [-0.39, 0.29) is 12.7 Å². The van der Waals surface area contributed by atoms with Crippen molar-refractivity contribution in [1.29, 1.82) is 0 Å². The van der Waals surface area contributed by atoms with Crippen LogP contribution >= 0.6 is 0 Å². The minimum Gasteiger partial charge on any atom is -0.453 e. The Hall–Kier alpha value is -0.770. The third-order valence-corrected chi connectivity index (χ3v) is 2.27. The molecule has 1 N–H and O–H groups in total. The zero-order valence-corrected chi connectivity index (χ0v) is 7.32. The summed E-state index contributed by atoms with van der Waals surface area (Å²) in [7, 11) is 1.37. The standard InChI is InChI=1S/C8H15NO3/c1-12-8(11)9(5-6-10)7-3-2-4-7/h7,10H,2-6H2,1H3. The lowest BCUT2D eigenvalue weighted by molar-refractivity contribution is 0.0709. The maximum atomic E-state index is 11.1. The summed E-state index contributed by atoms with van der Waals surface area (Å²) in [6.45, 7) is 0.392. The van der Waals surface area contributed by atoms with Gasteiger partial charge in [-0.25, -0.2) is 4.79 Å². The van der Waals surface area contributed by atoms with Crippen molar-refractivity contribution >= 4 is 6.09 Å². The van der Waals surface area contributed by atoms with Crippen molar-refractivity contribution in [2.24, 2.45) is 0 Å². The number of aliphatic hydroxyl groups excluding tert-OH is 1. The molecule has 0 aromatic heterocycles. The zero-order valence-electron chi connectivity index (χ0n) is 7.32. The fourth-order valence-electron chi connectivity index (χ4n) is 1.35. The van der Waals surface area contributed by atoms with Gasteiger partial charge in [0.15, 0.2) is 0 Å². The molecule has 0 aromatic carbocycles. The highest BCUT2D eigenvalue weighted by Crippen LogP contribution is 2.24. The lowest BCUT2D eigenvalue weighted by Gasteiger charge is -2.35. The molecular weight excluding hydrogens is 158 g/mol. The van der Waals surface area contributed by atoms with Crippen molar-refractivity contribution in [3.8, 4) is 0 Å². The predicted octanol–water partition coefficient (Wildman–Crippen LogP) is 0.600. The highest BCUT2D eigenvalue weighted by Gasteiger charge is 2.28. The van der Waals surface area contributed by atoms with E-state index in [1.807, 2.05) is 0 Å². The maximum Gasteiger partial charge on any atom is 0.409 e. The monoisotopic (exact) mass is 173 g/mol. The number of hydrogen-bond acceptors (Lipinski definition) is 3. The molecular formula is C8H15NO3. The molecule has 0 saturated heterocycles. The van der Waals surface area contributed by atoms with E-state index in [9.17, 15) is 4.79 Å². The first-order valence-corrected chi connectivity index (χ1v) is 4.25. The van der Waals surface area contributed by atoms with Crippen LogP contribution in [0.2, 0.25) is 0 Å². The Labute approximate surface area is 72.1 Å². The second kappa shape index (κ2) is 4.30. The summed E-state index contributed by atoms with van der Waals surface area (Å²) in [5.74, 6) is 0. The lowest BCUT2D eigenvalue weighted by Crippen LogP contribution is -2.45. The quantitative estimate of drug-likeness (QED) is 0.680. The summed E-state index contributed by atoms with van der Waals surface area (Å²) < 4.78 is 4.60. The summed E-state index contributed by atoms with van der Waals surface area (Å²) in [6, 6.07) is 0.296. The molecule has 0 spiro atoms. The Morgan fingerprint density at radius 1 is 1.67 bits per heavy atom. The molecule has 70 valence electrons. The summed E-state index contributed by atoms with van der Waals surface area (Å²) in [4.78, 5) is 12.7. The van der Waals surface area contributed by atoms with Crippen LogP contribution in [0.15, 0.2) is 0 Å². The van der Waals surface area contributed by atoms with Gasteiger partial charge in [-0.1, -0.05) is 0 Å². The average Bonchev–Trinajstić information content (AvgIpc) is 1.99. The van der Waals surface area contributed by atoms with Crippen LogP contribution in [0.3, 0.4) is 0 Å². The molecule has 0 aromatic rings. The number of hydrogen-bond donors (Lipinski definition) is 1. The van der Waals surface area contributed by atoms with Gasteiger partial charge >= 0.3 is 6.09 Å². The van der Waals surface area contributed by atoms with Crippen LogP contribution < -0.4 is 0 Å². The Bertz CT molecular complexity index is 156. The summed E-state index contributed by atoms with van der Waals surface area (Å²) in [6.07, 6.45) is 2.92. The fourth-order valence-corrected chi connectivity index (χ4v) is 1.35. The van der Waals surface area contributed by atoms with Crippen molar-refractivity contribution in [1.82, 2.24) is 4.90 Å². The van der Waals surface area contributed by atoms with Crippen LogP contribution in [-0.2, 0) is 4.74 Å². The number of aliphatic hydroxyl groups is 1. The van der Waals surface area contributed by atoms with Crippen LogP contribution in [-0.4, -0.2) is 42.4 Å². The van der Waals surface area contributed by atoms with E-state index in [2.05, 4.69) is 4.74 Å². The molecule has 1 saturated carbocycles. The molecule has 4 heteroatoms. The van der Waals surface area contributed by atoms with Gasteiger partial charge in [0.25, 0.3) is 0 Å². The molecule has 4 nitrogen and oxygen atoms in total. The number of methoxy groups -OCH3 is 1. The molecule has 0 aliphatic heterocycles. The van der Waals surface area contributed by atoms with Gasteiger partial charge in [-0.3, -0.25) is 0 Å². The maximum absolute atomic E-state index is 11.1. The molecule has 0 atom stereocenters. The van der Waals surface area contributed by atoms with Gasteiger partial charge in [-0.05, 0) is 19.3 Å². The van der Waals surface area contributed by atoms with E-state index >= 15 is 0 Å². The number of carbonyl (C=O) groups is 1. The van der Waals surface area contributed by atoms with Gasteiger partial charge in [0.1, 0.15) is 0 Å². The Morgan fingerprint density at radius 2 is 2.33 bits per heavy atom. The van der Waals surface area contributed by atoms with Crippen LogP contribution in [0.1, 0.15) is 19.3 Å². The summed E-state index contributed by atoms with van der Waals surface area (Å²) in [5, 5.41) is 8.70. The lowest BCUT2D eigenvalue weighted by atomic mass is 9.92. The fraction of sp³-hybridized carbons (Fsp3) is 0.875. The largest absolute Gasteiger partial charge is 0.453 e. The van der Waals surface area contributed by atoms with Crippen LogP contribution in [0, 0.1) is 0 Å². The van der Waals surface area contributed by atoms with Gasteiger partial charge in [-0.15, -0.1) is 0 Å². The van der Waals surface area contributed by atoms with E-state index in [4.69, 9.17) is 5.11 Å². The normalized spacial score (nSPS) is 16.8. The highest BCUT2D eigenvalue weighted by molar-refractivity contribution is 5.67.